The maximum atomic E-state index is 12.6. The van der Waals surface area contributed by atoms with Gasteiger partial charge in [0.1, 0.15) is 5.69 Å². The number of hydrogen-bond acceptors (Lipinski definition) is 3. The maximum absolute atomic E-state index is 12.6. The molecule has 1 aromatic rings. The van der Waals surface area contributed by atoms with Crippen LogP contribution in [0.1, 0.15) is 66.6 Å². The molecule has 1 heterocycles. The molecule has 1 N–H and O–H groups in total. The van der Waals surface area contributed by atoms with Gasteiger partial charge in [0.25, 0.3) is 0 Å². The second kappa shape index (κ2) is 4.99. The lowest BCUT2D eigenvalue weighted by Gasteiger charge is -2.26. The molecule has 0 saturated heterocycles. The summed E-state index contributed by atoms with van der Waals surface area (Å²) in [5.74, 6) is 0. The topological polar surface area (TPSA) is 55.1 Å². The van der Waals surface area contributed by atoms with Crippen LogP contribution < -0.4 is 5.43 Å². The molecule has 4 nitrogen and oxygen atoms in total. The molecular weight excluding hydrogens is 252 g/mol. The van der Waals surface area contributed by atoms with E-state index in [1.807, 2.05) is 41.5 Å². The summed E-state index contributed by atoms with van der Waals surface area (Å²) >= 11 is 0. The Kier molecular flexibility index (Phi) is 4.22. The second-order valence-corrected chi connectivity index (χ2v) is 8.23. The summed E-state index contributed by atoms with van der Waals surface area (Å²) in [6.07, 6.45) is 1.77. The zero-order chi connectivity index (χ0) is 15.9. The fourth-order valence-corrected chi connectivity index (χ4v) is 2.04. The van der Waals surface area contributed by atoms with Gasteiger partial charge in [0, 0.05) is 17.2 Å². The average molecular weight is 280 g/mol. The van der Waals surface area contributed by atoms with Crippen LogP contribution in [-0.2, 0) is 17.4 Å². The Balaban J connectivity index is 3.55. The summed E-state index contributed by atoms with van der Waals surface area (Å²) in [6, 6.07) is 0. The Morgan fingerprint density at radius 3 is 1.90 bits per heavy atom. The lowest BCUT2D eigenvalue weighted by molar-refractivity contribution is 0.0565. The first-order chi connectivity index (χ1) is 8.72. The molecule has 0 aromatic carbocycles. The van der Waals surface area contributed by atoms with Crippen molar-refractivity contribution in [2.75, 3.05) is 0 Å². The van der Waals surface area contributed by atoms with Gasteiger partial charge in [0.05, 0.1) is 12.1 Å². The van der Waals surface area contributed by atoms with Gasteiger partial charge in [-0.1, -0.05) is 41.5 Å². The molecule has 0 amide bonds. The minimum atomic E-state index is -0.869. The van der Waals surface area contributed by atoms with Crippen molar-refractivity contribution in [1.29, 1.82) is 0 Å². The average Bonchev–Trinajstić information content (AvgIpc) is 2.14. The molecule has 0 aliphatic carbocycles. The van der Waals surface area contributed by atoms with Crippen LogP contribution in [0.3, 0.4) is 0 Å². The van der Waals surface area contributed by atoms with E-state index in [2.05, 4.69) is 5.10 Å². The Morgan fingerprint density at radius 2 is 1.55 bits per heavy atom. The van der Waals surface area contributed by atoms with Gasteiger partial charge in [0.2, 0.25) is 5.43 Å². The number of nitrogens with zero attached hydrogens (tertiary/aromatic N) is 2. The molecule has 114 valence electrons. The highest BCUT2D eigenvalue weighted by atomic mass is 16.3. The molecule has 20 heavy (non-hydrogen) atoms. The summed E-state index contributed by atoms with van der Waals surface area (Å²) in [5.41, 5.74) is -0.138. The van der Waals surface area contributed by atoms with Gasteiger partial charge in [-0.15, -0.1) is 0 Å². The zero-order valence-corrected chi connectivity index (χ0v) is 14.0. The van der Waals surface area contributed by atoms with E-state index >= 15 is 0 Å². The van der Waals surface area contributed by atoms with E-state index in [1.54, 1.807) is 24.7 Å². The van der Waals surface area contributed by atoms with Gasteiger partial charge < -0.3 is 5.11 Å². The summed E-state index contributed by atoms with van der Waals surface area (Å²) in [5, 5.41) is 14.4. The number of rotatable bonds is 2. The van der Waals surface area contributed by atoms with Crippen molar-refractivity contribution < 1.29 is 5.11 Å². The van der Waals surface area contributed by atoms with E-state index in [0.29, 0.717) is 12.2 Å². The highest BCUT2D eigenvalue weighted by Crippen LogP contribution is 2.23. The molecule has 0 saturated carbocycles. The Bertz CT molecular complexity index is 499. The van der Waals surface area contributed by atoms with Crippen molar-refractivity contribution in [3.8, 4) is 0 Å². The smallest absolute Gasteiger partial charge is 0.207 e. The summed E-state index contributed by atoms with van der Waals surface area (Å²) < 4.78 is 1.70. The third-order valence-electron chi connectivity index (χ3n) is 3.03. The highest BCUT2D eigenvalue weighted by molar-refractivity contribution is 5.25. The van der Waals surface area contributed by atoms with Crippen LogP contribution in [0.4, 0.5) is 0 Å². The van der Waals surface area contributed by atoms with Crippen molar-refractivity contribution in [2.45, 2.75) is 78.4 Å². The Labute approximate surface area is 121 Å². The SMILES string of the molecule is CC(C)(O)Cn1cc(C(C)(C)C)c(=O)c(C(C)(C)C)n1. The van der Waals surface area contributed by atoms with Crippen LogP contribution in [0, 0.1) is 0 Å². The first-order valence-electron chi connectivity index (χ1n) is 7.07. The maximum Gasteiger partial charge on any atom is 0.207 e. The van der Waals surface area contributed by atoms with E-state index in [9.17, 15) is 9.90 Å². The minimum absolute atomic E-state index is 0.0111. The molecule has 0 atom stereocenters. The molecule has 0 unspecified atom stereocenters. The van der Waals surface area contributed by atoms with Crippen molar-refractivity contribution in [3.63, 3.8) is 0 Å². The normalized spacial score (nSPS) is 13.7. The van der Waals surface area contributed by atoms with Crippen LogP contribution in [0.5, 0.6) is 0 Å². The van der Waals surface area contributed by atoms with Gasteiger partial charge in [-0.05, 0) is 19.3 Å². The van der Waals surface area contributed by atoms with Gasteiger partial charge >= 0.3 is 0 Å². The zero-order valence-electron chi connectivity index (χ0n) is 14.0. The van der Waals surface area contributed by atoms with Crippen molar-refractivity contribution in [1.82, 2.24) is 9.78 Å². The lowest BCUT2D eigenvalue weighted by Crippen LogP contribution is -2.37. The van der Waals surface area contributed by atoms with Crippen LogP contribution in [0.25, 0.3) is 0 Å². The second-order valence-electron chi connectivity index (χ2n) is 8.23. The van der Waals surface area contributed by atoms with Crippen LogP contribution in [0.15, 0.2) is 11.0 Å². The quantitative estimate of drug-likeness (QED) is 0.906. The van der Waals surface area contributed by atoms with E-state index in [1.165, 1.54) is 0 Å². The van der Waals surface area contributed by atoms with Gasteiger partial charge in [0.15, 0.2) is 0 Å². The number of hydrogen-bond donors (Lipinski definition) is 1. The number of aromatic nitrogens is 2. The molecule has 1 aromatic heterocycles. The van der Waals surface area contributed by atoms with Crippen molar-refractivity contribution in [3.05, 3.63) is 27.7 Å². The third-order valence-corrected chi connectivity index (χ3v) is 3.03. The summed E-state index contributed by atoms with van der Waals surface area (Å²) in [4.78, 5) is 12.6. The van der Waals surface area contributed by atoms with Gasteiger partial charge in [-0.2, -0.15) is 5.10 Å². The van der Waals surface area contributed by atoms with E-state index < -0.39 is 5.60 Å². The van der Waals surface area contributed by atoms with E-state index in [4.69, 9.17) is 0 Å². The molecule has 0 fully saturated rings. The fourth-order valence-electron chi connectivity index (χ4n) is 2.04. The molecule has 0 aliphatic heterocycles. The van der Waals surface area contributed by atoms with Crippen molar-refractivity contribution >= 4 is 0 Å². The monoisotopic (exact) mass is 280 g/mol. The Hall–Kier alpha value is -1.16. The van der Waals surface area contributed by atoms with Crippen LogP contribution >= 0.6 is 0 Å². The van der Waals surface area contributed by atoms with Crippen LogP contribution in [0.2, 0.25) is 0 Å². The highest BCUT2D eigenvalue weighted by Gasteiger charge is 2.27. The fraction of sp³-hybridized carbons (Fsp3) is 0.750. The van der Waals surface area contributed by atoms with Crippen LogP contribution in [-0.4, -0.2) is 20.5 Å². The predicted octanol–water partition coefficient (Wildman–Crippen LogP) is 2.61. The molecule has 0 bridgehead atoms. The first kappa shape index (κ1) is 16.9. The summed E-state index contributed by atoms with van der Waals surface area (Å²) in [6.45, 7) is 15.8. The van der Waals surface area contributed by atoms with E-state index in [-0.39, 0.29) is 16.3 Å². The predicted molar refractivity (Wildman–Crippen MR) is 82.2 cm³/mol. The molecule has 0 spiro atoms. The molecule has 0 aliphatic rings. The van der Waals surface area contributed by atoms with Gasteiger partial charge in [-0.3, -0.25) is 9.48 Å². The molecule has 1 rings (SSSR count). The third kappa shape index (κ3) is 4.17. The largest absolute Gasteiger partial charge is 0.389 e. The minimum Gasteiger partial charge on any atom is -0.389 e. The summed E-state index contributed by atoms with van der Waals surface area (Å²) in [7, 11) is 0. The van der Waals surface area contributed by atoms with Gasteiger partial charge in [-0.25, -0.2) is 0 Å². The molecule has 0 radical (unpaired) electrons. The molecular formula is C16H28N2O2. The van der Waals surface area contributed by atoms with E-state index in [0.717, 1.165) is 5.56 Å². The Morgan fingerprint density at radius 1 is 1.05 bits per heavy atom. The lowest BCUT2D eigenvalue weighted by atomic mass is 9.84. The molecule has 4 heteroatoms. The number of aliphatic hydroxyl groups is 1. The standard InChI is InChI=1S/C16H28N2O2/c1-14(2,3)11-9-18(10-16(7,8)20)17-13(12(11)19)15(4,5)6/h9,20H,10H2,1-8H3. The first-order valence-corrected chi connectivity index (χ1v) is 7.07. The van der Waals surface area contributed by atoms with Crippen molar-refractivity contribution in [2.24, 2.45) is 0 Å².